The molecular formula is C12H22N2O. The molecular weight excluding hydrogens is 188 g/mol. The Bertz CT molecular complexity index is 206. The van der Waals surface area contributed by atoms with Crippen LogP contribution >= 0.6 is 0 Å². The zero-order valence-electron chi connectivity index (χ0n) is 9.91. The Morgan fingerprint density at radius 1 is 1.53 bits per heavy atom. The molecule has 1 aliphatic heterocycles. The molecule has 1 saturated heterocycles. The smallest absolute Gasteiger partial charge is 0.0702 e. The summed E-state index contributed by atoms with van der Waals surface area (Å²) in [4.78, 5) is 2.39. The molecule has 2 atom stereocenters. The second kappa shape index (κ2) is 6.81. The maximum atomic E-state index is 8.77. The Balaban J connectivity index is 2.41. The van der Waals surface area contributed by atoms with E-state index in [0.717, 1.165) is 26.1 Å². The number of ether oxygens (including phenoxy) is 1. The Kier molecular flexibility index (Phi) is 5.67. The van der Waals surface area contributed by atoms with Crippen molar-refractivity contribution in [3.63, 3.8) is 0 Å². The summed E-state index contributed by atoms with van der Waals surface area (Å²) in [6.45, 7) is 7.24. The van der Waals surface area contributed by atoms with Crippen LogP contribution in [0.15, 0.2) is 0 Å². The Hall–Kier alpha value is -0.590. The number of rotatable bonds is 6. The van der Waals surface area contributed by atoms with Crippen LogP contribution in [0.5, 0.6) is 0 Å². The third-order valence-corrected chi connectivity index (χ3v) is 3.18. The van der Waals surface area contributed by atoms with Gasteiger partial charge in [0.15, 0.2) is 0 Å². The molecule has 0 aromatic heterocycles. The molecule has 0 saturated carbocycles. The third kappa shape index (κ3) is 3.81. The summed E-state index contributed by atoms with van der Waals surface area (Å²) >= 11 is 0. The lowest BCUT2D eigenvalue weighted by atomic mass is 10.1. The van der Waals surface area contributed by atoms with Gasteiger partial charge in [0, 0.05) is 19.2 Å². The Labute approximate surface area is 93.0 Å². The van der Waals surface area contributed by atoms with Gasteiger partial charge >= 0.3 is 0 Å². The number of hydrogen-bond acceptors (Lipinski definition) is 3. The van der Waals surface area contributed by atoms with Crippen LogP contribution in [0.1, 0.15) is 39.5 Å². The quantitative estimate of drug-likeness (QED) is 0.674. The molecule has 2 unspecified atom stereocenters. The largest absolute Gasteiger partial charge is 0.377 e. The second-order valence-electron chi connectivity index (χ2n) is 4.15. The molecule has 1 aliphatic rings. The molecule has 0 aromatic rings. The van der Waals surface area contributed by atoms with E-state index >= 15 is 0 Å². The van der Waals surface area contributed by atoms with Gasteiger partial charge in [0.05, 0.1) is 18.6 Å². The monoisotopic (exact) mass is 210 g/mol. The van der Waals surface area contributed by atoms with Gasteiger partial charge in [0.2, 0.25) is 0 Å². The zero-order valence-corrected chi connectivity index (χ0v) is 9.91. The Morgan fingerprint density at radius 2 is 2.33 bits per heavy atom. The van der Waals surface area contributed by atoms with E-state index in [0.29, 0.717) is 18.6 Å². The molecule has 3 heteroatoms. The number of nitriles is 1. The lowest BCUT2D eigenvalue weighted by Gasteiger charge is -2.30. The first-order chi connectivity index (χ1) is 7.31. The van der Waals surface area contributed by atoms with Crippen molar-refractivity contribution < 1.29 is 4.74 Å². The highest BCUT2D eigenvalue weighted by molar-refractivity contribution is 4.83. The minimum Gasteiger partial charge on any atom is -0.377 e. The van der Waals surface area contributed by atoms with Crippen LogP contribution in [-0.4, -0.2) is 36.7 Å². The van der Waals surface area contributed by atoms with Gasteiger partial charge in [-0.3, -0.25) is 4.90 Å². The molecule has 86 valence electrons. The number of nitrogens with zero attached hydrogens (tertiary/aromatic N) is 2. The van der Waals surface area contributed by atoms with Gasteiger partial charge < -0.3 is 4.74 Å². The predicted molar refractivity (Wildman–Crippen MR) is 60.5 cm³/mol. The van der Waals surface area contributed by atoms with Crippen LogP contribution in [0.3, 0.4) is 0 Å². The van der Waals surface area contributed by atoms with Crippen molar-refractivity contribution in [1.82, 2.24) is 4.90 Å². The minimum absolute atomic E-state index is 0.401. The van der Waals surface area contributed by atoms with Crippen LogP contribution in [0.25, 0.3) is 0 Å². The van der Waals surface area contributed by atoms with Crippen molar-refractivity contribution >= 4 is 0 Å². The average Bonchev–Trinajstić information content (AvgIpc) is 2.75. The van der Waals surface area contributed by atoms with Crippen molar-refractivity contribution in [2.75, 3.05) is 19.7 Å². The predicted octanol–water partition coefficient (Wildman–Crippen LogP) is 2.18. The van der Waals surface area contributed by atoms with Gasteiger partial charge in [0.25, 0.3) is 0 Å². The van der Waals surface area contributed by atoms with E-state index in [2.05, 4.69) is 24.8 Å². The number of likely N-dealkylation sites (N-methyl/N-ethyl adjacent to an activating group) is 1. The Morgan fingerprint density at radius 3 is 2.80 bits per heavy atom. The summed E-state index contributed by atoms with van der Waals surface area (Å²) in [6, 6.07) is 2.68. The van der Waals surface area contributed by atoms with Crippen LogP contribution in [-0.2, 0) is 4.74 Å². The van der Waals surface area contributed by atoms with E-state index in [1.54, 1.807) is 0 Å². The highest BCUT2D eigenvalue weighted by atomic mass is 16.5. The molecule has 1 rings (SSSR count). The fourth-order valence-electron chi connectivity index (χ4n) is 2.22. The van der Waals surface area contributed by atoms with Crippen molar-refractivity contribution in [3.05, 3.63) is 0 Å². The van der Waals surface area contributed by atoms with E-state index in [4.69, 9.17) is 10.00 Å². The molecule has 15 heavy (non-hydrogen) atoms. The van der Waals surface area contributed by atoms with Crippen LogP contribution in [0, 0.1) is 11.3 Å². The minimum atomic E-state index is 0.401. The van der Waals surface area contributed by atoms with Crippen LogP contribution in [0.2, 0.25) is 0 Å². The molecule has 1 heterocycles. The first-order valence-corrected chi connectivity index (χ1v) is 6.04. The van der Waals surface area contributed by atoms with Crippen molar-refractivity contribution in [2.45, 2.75) is 51.7 Å². The molecule has 1 fully saturated rings. The molecule has 0 bridgehead atoms. The van der Waals surface area contributed by atoms with Gasteiger partial charge in [-0.2, -0.15) is 5.26 Å². The molecule has 0 spiro atoms. The molecule has 3 nitrogen and oxygen atoms in total. The lowest BCUT2D eigenvalue weighted by molar-refractivity contribution is 0.0589. The average molecular weight is 210 g/mol. The van der Waals surface area contributed by atoms with E-state index in [1.807, 2.05) is 0 Å². The summed E-state index contributed by atoms with van der Waals surface area (Å²) < 4.78 is 5.63. The first-order valence-electron chi connectivity index (χ1n) is 6.04. The first kappa shape index (κ1) is 12.5. The molecule has 0 aliphatic carbocycles. The summed E-state index contributed by atoms with van der Waals surface area (Å²) in [5.41, 5.74) is 0. The maximum absolute atomic E-state index is 8.77. The molecule has 0 N–H and O–H groups in total. The fraction of sp³-hybridized carbons (Fsp3) is 0.917. The van der Waals surface area contributed by atoms with Gasteiger partial charge in [0.1, 0.15) is 0 Å². The second-order valence-corrected chi connectivity index (χ2v) is 4.15. The number of hydrogen-bond donors (Lipinski definition) is 0. The topological polar surface area (TPSA) is 36.3 Å². The summed E-state index contributed by atoms with van der Waals surface area (Å²) in [5, 5.41) is 8.77. The third-order valence-electron chi connectivity index (χ3n) is 3.18. The SMILES string of the molecule is CCC(CC#N)N(CC)CC1CCCO1. The van der Waals surface area contributed by atoms with Gasteiger partial charge in [-0.15, -0.1) is 0 Å². The maximum Gasteiger partial charge on any atom is 0.0702 e. The van der Waals surface area contributed by atoms with Crippen molar-refractivity contribution in [3.8, 4) is 6.07 Å². The molecule has 0 amide bonds. The van der Waals surface area contributed by atoms with Gasteiger partial charge in [-0.1, -0.05) is 13.8 Å². The van der Waals surface area contributed by atoms with Crippen LogP contribution in [0.4, 0.5) is 0 Å². The lowest BCUT2D eigenvalue weighted by Crippen LogP contribution is -2.39. The van der Waals surface area contributed by atoms with Gasteiger partial charge in [-0.25, -0.2) is 0 Å². The van der Waals surface area contributed by atoms with Crippen molar-refractivity contribution in [1.29, 1.82) is 5.26 Å². The summed E-state index contributed by atoms with van der Waals surface area (Å²) in [5.74, 6) is 0. The fourth-order valence-corrected chi connectivity index (χ4v) is 2.22. The van der Waals surface area contributed by atoms with E-state index in [9.17, 15) is 0 Å². The molecule has 0 aromatic carbocycles. The highest BCUT2D eigenvalue weighted by Crippen LogP contribution is 2.16. The van der Waals surface area contributed by atoms with Crippen LogP contribution < -0.4 is 0 Å². The zero-order chi connectivity index (χ0) is 11.1. The molecule has 0 radical (unpaired) electrons. The highest BCUT2D eigenvalue weighted by Gasteiger charge is 2.22. The summed E-state index contributed by atoms with van der Waals surface area (Å²) in [6.07, 6.45) is 4.46. The summed E-state index contributed by atoms with van der Waals surface area (Å²) in [7, 11) is 0. The standard InChI is InChI=1S/C12H22N2O/c1-3-11(7-8-13)14(4-2)10-12-6-5-9-15-12/h11-12H,3-7,9-10H2,1-2H3. The normalized spacial score (nSPS) is 22.9. The van der Waals surface area contributed by atoms with E-state index in [-0.39, 0.29) is 0 Å². The van der Waals surface area contributed by atoms with E-state index < -0.39 is 0 Å². The van der Waals surface area contributed by atoms with Crippen molar-refractivity contribution in [2.24, 2.45) is 0 Å². The van der Waals surface area contributed by atoms with E-state index in [1.165, 1.54) is 12.8 Å². The van der Waals surface area contributed by atoms with Gasteiger partial charge in [-0.05, 0) is 25.8 Å².